The maximum absolute atomic E-state index is 9.17. The van der Waals surface area contributed by atoms with Crippen molar-refractivity contribution in [3.8, 4) is 0 Å². The molecule has 1 rings (SSSR count). The average molecular weight is 202 g/mol. The van der Waals surface area contributed by atoms with Crippen LogP contribution in [0.1, 0.15) is 13.3 Å². The predicted molar refractivity (Wildman–Crippen MR) is 56.3 cm³/mol. The number of hydrogen-bond donors (Lipinski definition) is 2. The van der Waals surface area contributed by atoms with Crippen molar-refractivity contribution in [2.75, 3.05) is 45.9 Å². The van der Waals surface area contributed by atoms with Gasteiger partial charge in [0.05, 0.1) is 6.61 Å². The molecule has 1 aliphatic heterocycles. The molecule has 0 aromatic rings. The summed E-state index contributed by atoms with van der Waals surface area (Å²) in [5.41, 5.74) is 0. The lowest BCUT2D eigenvalue weighted by molar-refractivity contribution is 0.0546. The van der Waals surface area contributed by atoms with Crippen LogP contribution in [0.4, 0.5) is 0 Å². The summed E-state index contributed by atoms with van der Waals surface area (Å²) in [6, 6.07) is 0.152. The van der Waals surface area contributed by atoms with E-state index in [4.69, 9.17) is 10.2 Å². The van der Waals surface area contributed by atoms with Gasteiger partial charge in [-0.3, -0.25) is 4.90 Å². The Morgan fingerprint density at radius 3 is 2.21 bits per heavy atom. The fraction of sp³-hybridized carbons (Fsp3) is 1.00. The third-order valence-electron chi connectivity index (χ3n) is 3.04. The summed E-state index contributed by atoms with van der Waals surface area (Å²) in [5, 5.41) is 18.0. The van der Waals surface area contributed by atoms with E-state index < -0.39 is 0 Å². The van der Waals surface area contributed by atoms with E-state index >= 15 is 0 Å². The number of nitrogens with zero attached hydrogens (tertiary/aromatic N) is 2. The maximum atomic E-state index is 9.17. The van der Waals surface area contributed by atoms with Gasteiger partial charge in [-0.25, -0.2) is 0 Å². The van der Waals surface area contributed by atoms with Crippen LogP contribution in [0.3, 0.4) is 0 Å². The van der Waals surface area contributed by atoms with Gasteiger partial charge < -0.3 is 15.1 Å². The zero-order valence-corrected chi connectivity index (χ0v) is 9.02. The molecule has 1 fully saturated rings. The number of aliphatic hydroxyl groups is 2. The first-order valence-electron chi connectivity index (χ1n) is 5.50. The molecule has 0 amide bonds. The van der Waals surface area contributed by atoms with Gasteiger partial charge in [0.1, 0.15) is 0 Å². The van der Waals surface area contributed by atoms with Gasteiger partial charge in [-0.2, -0.15) is 0 Å². The van der Waals surface area contributed by atoms with Crippen LogP contribution in [0.25, 0.3) is 0 Å². The van der Waals surface area contributed by atoms with Gasteiger partial charge >= 0.3 is 0 Å². The van der Waals surface area contributed by atoms with E-state index in [1.165, 1.54) is 0 Å². The molecule has 4 heteroatoms. The summed E-state index contributed by atoms with van der Waals surface area (Å²) in [4.78, 5) is 4.69. The maximum Gasteiger partial charge on any atom is 0.0587 e. The smallest absolute Gasteiger partial charge is 0.0587 e. The summed E-state index contributed by atoms with van der Waals surface area (Å²) in [5.74, 6) is 0. The number of hydrogen-bond acceptors (Lipinski definition) is 4. The van der Waals surface area contributed by atoms with Crippen LogP contribution in [0, 0.1) is 0 Å². The van der Waals surface area contributed by atoms with Crippen LogP contribution in [-0.2, 0) is 0 Å². The molecule has 84 valence electrons. The average Bonchev–Trinajstić information content (AvgIpc) is 2.26. The van der Waals surface area contributed by atoms with Gasteiger partial charge in [0.15, 0.2) is 0 Å². The zero-order chi connectivity index (χ0) is 10.4. The summed E-state index contributed by atoms with van der Waals surface area (Å²) < 4.78 is 0. The first-order chi connectivity index (χ1) is 6.81. The molecule has 0 radical (unpaired) electrons. The minimum atomic E-state index is 0.152. The lowest BCUT2D eigenvalue weighted by atomic mass is 10.1. The SMILES string of the molecule is CCN1CCN(C(CO)CCO)CC1. The molecule has 1 heterocycles. The molecule has 0 aromatic carbocycles. The molecule has 1 aliphatic rings. The Morgan fingerprint density at radius 2 is 1.79 bits per heavy atom. The van der Waals surface area contributed by atoms with Crippen molar-refractivity contribution in [1.29, 1.82) is 0 Å². The van der Waals surface area contributed by atoms with Crippen LogP contribution in [0.2, 0.25) is 0 Å². The molecule has 4 nitrogen and oxygen atoms in total. The monoisotopic (exact) mass is 202 g/mol. The van der Waals surface area contributed by atoms with Crippen molar-refractivity contribution in [2.24, 2.45) is 0 Å². The Bertz CT molecular complexity index is 147. The third-order valence-corrected chi connectivity index (χ3v) is 3.04. The molecule has 0 saturated carbocycles. The Morgan fingerprint density at radius 1 is 1.14 bits per heavy atom. The predicted octanol–water partition coefficient (Wildman–Crippen LogP) is -0.633. The standard InChI is InChI=1S/C10H22N2O2/c1-2-11-4-6-12(7-5-11)10(9-14)3-8-13/h10,13-14H,2-9H2,1H3. The van der Waals surface area contributed by atoms with E-state index in [0.29, 0.717) is 6.42 Å². The van der Waals surface area contributed by atoms with Crippen molar-refractivity contribution in [1.82, 2.24) is 9.80 Å². The van der Waals surface area contributed by atoms with Crippen LogP contribution in [0.5, 0.6) is 0 Å². The Labute approximate surface area is 86.1 Å². The second-order valence-corrected chi connectivity index (χ2v) is 3.82. The zero-order valence-electron chi connectivity index (χ0n) is 9.02. The molecule has 0 bridgehead atoms. The van der Waals surface area contributed by atoms with E-state index in [2.05, 4.69) is 16.7 Å². The lowest BCUT2D eigenvalue weighted by Gasteiger charge is -2.38. The van der Waals surface area contributed by atoms with Gasteiger partial charge in [0.25, 0.3) is 0 Å². The largest absolute Gasteiger partial charge is 0.396 e. The van der Waals surface area contributed by atoms with Crippen LogP contribution in [-0.4, -0.2) is 72.0 Å². The Kier molecular flexibility index (Phi) is 5.40. The Balaban J connectivity index is 2.31. The summed E-state index contributed by atoms with van der Waals surface area (Å²) >= 11 is 0. The van der Waals surface area contributed by atoms with E-state index in [-0.39, 0.29) is 19.3 Å². The highest BCUT2D eigenvalue weighted by Crippen LogP contribution is 2.08. The topological polar surface area (TPSA) is 46.9 Å². The fourth-order valence-electron chi connectivity index (χ4n) is 1.98. The molecule has 1 atom stereocenters. The summed E-state index contributed by atoms with van der Waals surface area (Å²) in [6.45, 7) is 7.80. The van der Waals surface area contributed by atoms with Crippen LogP contribution < -0.4 is 0 Å². The van der Waals surface area contributed by atoms with Crippen molar-refractivity contribution in [3.63, 3.8) is 0 Å². The number of aliphatic hydroxyl groups excluding tert-OH is 2. The van der Waals surface area contributed by atoms with Gasteiger partial charge in [0, 0.05) is 38.8 Å². The van der Waals surface area contributed by atoms with Gasteiger partial charge in [-0.05, 0) is 13.0 Å². The van der Waals surface area contributed by atoms with Gasteiger partial charge in [-0.1, -0.05) is 6.92 Å². The minimum absolute atomic E-state index is 0.152. The van der Waals surface area contributed by atoms with Crippen molar-refractivity contribution < 1.29 is 10.2 Å². The second kappa shape index (κ2) is 6.35. The number of likely N-dealkylation sites (N-methyl/N-ethyl adjacent to an activating group) is 1. The highest BCUT2D eigenvalue weighted by molar-refractivity contribution is 4.77. The first kappa shape index (κ1) is 11.9. The molecule has 2 N–H and O–H groups in total. The molecule has 0 aromatic heterocycles. The van der Waals surface area contributed by atoms with E-state index in [1.54, 1.807) is 0 Å². The van der Waals surface area contributed by atoms with E-state index in [1.807, 2.05) is 0 Å². The summed E-state index contributed by atoms with van der Waals surface area (Å²) in [7, 11) is 0. The third kappa shape index (κ3) is 3.20. The van der Waals surface area contributed by atoms with Crippen molar-refractivity contribution >= 4 is 0 Å². The Hall–Kier alpha value is -0.160. The van der Waals surface area contributed by atoms with Crippen molar-refractivity contribution in [2.45, 2.75) is 19.4 Å². The molecule has 1 saturated heterocycles. The molecule has 14 heavy (non-hydrogen) atoms. The molecular formula is C10H22N2O2. The van der Waals surface area contributed by atoms with E-state index in [0.717, 1.165) is 32.7 Å². The molecule has 1 unspecified atom stereocenters. The quantitative estimate of drug-likeness (QED) is 0.623. The molecular weight excluding hydrogens is 180 g/mol. The van der Waals surface area contributed by atoms with Crippen molar-refractivity contribution in [3.05, 3.63) is 0 Å². The molecule has 0 aliphatic carbocycles. The number of piperazine rings is 1. The second-order valence-electron chi connectivity index (χ2n) is 3.82. The van der Waals surface area contributed by atoms with Gasteiger partial charge in [0.2, 0.25) is 0 Å². The molecule has 0 spiro atoms. The highest BCUT2D eigenvalue weighted by atomic mass is 16.3. The van der Waals surface area contributed by atoms with Crippen LogP contribution in [0.15, 0.2) is 0 Å². The van der Waals surface area contributed by atoms with Crippen LogP contribution >= 0.6 is 0 Å². The highest BCUT2D eigenvalue weighted by Gasteiger charge is 2.21. The lowest BCUT2D eigenvalue weighted by Crippen LogP contribution is -2.51. The fourth-order valence-corrected chi connectivity index (χ4v) is 1.98. The first-order valence-corrected chi connectivity index (χ1v) is 5.50. The normalized spacial score (nSPS) is 22.5. The van der Waals surface area contributed by atoms with Gasteiger partial charge in [-0.15, -0.1) is 0 Å². The minimum Gasteiger partial charge on any atom is -0.396 e. The summed E-state index contributed by atoms with van der Waals surface area (Å²) in [6.07, 6.45) is 0.683. The number of rotatable bonds is 5. The van der Waals surface area contributed by atoms with E-state index in [9.17, 15) is 0 Å².